The van der Waals surface area contributed by atoms with E-state index in [-0.39, 0.29) is 17.5 Å². The first kappa shape index (κ1) is 25.1. The first-order valence-corrected chi connectivity index (χ1v) is 12.8. The van der Waals surface area contributed by atoms with Crippen LogP contribution in [0.4, 0.5) is 5.69 Å². The summed E-state index contributed by atoms with van der Waals surface area (Å²) in [7, 11) is 0. The Labute approximate surface area is 211 Å². The van der Waals surface area contributed by atoms with Gasteiger partial charge in [-0.05, 0) is 85.2 Å². The molecule has 6 heteroatoms. The first-order chi connectivity index (χ1) is 16.0. The van der Waals surface area contributed by atoms with Crippen molar-refractivity contribution in [2.75, 3.05) is 18.0 Å². The summed E-state index contributed by atoms with van der Waals surface area (Å²) in [5, 5.41) is 12.7. The molecule has 0 bridgehead atoms. The molecule has 0 atom stereocenters. The van der Waals surface area contributed by atoms with Gasteiger partial charge in [-0.1, -0.05) is 31.4 Å². The highest BCUT2D eigenvalue weighted by molar-refractivity contribution is 14.1. The summed E-state index contributed by atoms with van der Waals surface area (Å²) in [6, 6.07) is 16.4. The van der Waals surface area contributed by atoms with Gasteiger partial charge in [0.15, 0.2) is 0 Å². The fraction of sp³-hybridized carbons (Fsp3) is 0.407. The van der Waals surface area contributed by atoms with Crippen molar-refractivity contribution in [3.8, 4) is 11.8 Å². The predicted molar refractivity (Wildman–Crippen MR) is 142 cm³/mol. The van der Waals surface area contributed by atoms with E-state index in [4.69, 9.17) is 4.74 Å². The highest BCUT2D eigenvalue weighted by Gasteiger charge is 2.19. The second-order valence-corrected chi connectivity index (χ2v) is 9.53. The monoisotopic (exact) mass is 557 g/mol. The number of carbonyl (C=O) groups is 1. The van der Waals surface area contributed by atoms with Gasteiger partial charge in [0, 0.05) is 40.0 Å². The highest BCUT2D eigenvalue weighted by atomic mass is 127. The molecule has 2 aromatic rings. The van der Waals surface area contributed by atoms with Crippen LogP contribution < -0.4 is 15.0 Å². The maximum Gasteiger partial charge on any atom is 0.262 e. The summed E-state index contributed by atoms with van der Waals surface area (Å²) in [4.78, 5) is 15.0. The van der Waals surface area contributed by atoms with Gasteiger partial charge in [0.1, 0.15) is 24.0 Å². The van der Waals surface area contributed by atoms with Crippen LogP contribution in [0.25, 0.3) is 6.08 Å². The lowest BCUT2D eigenvalue weighted by Gasteiger charge is -2.23. The molecule has 1 aliphatic rings. The zero-order valence-corrected chi connectivity index (χ0v) is 21.6. The van der Waals surface area contributed by atoms with Crippen LogP contribution in [0.5, 0.6) is 5.75 Å². The molecule has 2 aromatic carbocycles. The van der Waals surface area contributed by atoms with Crippen molar-refractivity contribution >= 4 is 40.3 Å². The van der Waals surface area contributed by atoms with Crippen LogP contribution in [-0.2, 0) is 11.4 Å². The van der Waals surface area contributed by atoms with Gasteiger partial charge < -0.3 is 15.0 Å². The normalized spacial score (nSPS) is 14.4. The number of amides is 1. The van der Waals surface area contributed by atoms with Crippen LogP contribution in [0.2, 0.25) is 0 Å². The van der Waals surface area contributed by atoms with Gasteiger partial charge >= 0.3 is 0 Å². The van der Waals surface area contributed by atoms with Gasteiger partial charge in [-0.15, -0.1) is 0 Å². The number of hydrogen-bond acceptors (Lipinski definition) is 4. The van der Waals surface area contributed by atoms with Crippen molar-refractivity contribution in [3.05, 3.63) is 62.7 Å². The number of nitrogens with one attached hydrogen (secondary N) is 1. The fourth-order valence-corrected chi connectivity index (χ4v) is 4.47. The molecule has 3 rings (SSSR count). The Morgan fingerprint density at radius 1 is 1.15 bits per heavy atom. The van der Waals surface area contributed by atoms with Gasteiger partial charge in [0.25, 0.3) is 5.91 Å². The Morgan fingerprint density at radius 3 is 2.48 bits per heavy atom. The number of anilines is 1. The van der Waals surface area contributed by atoms with Crippen LogP contribution in [0.3, 0.4) is 0 Å². The average molecular weight is 557 g/mol. The van der Waals surface area contributed by atoms with Crippen molar-refractivity contribution in [3.63, 3.8) is 0 Å². The number of hydrogen-bond donors (Lipinski definition) is 1. The Bertz CT molecular complexity index is 1000. The van der Waals surface area contributed by atoms with Gasteiger partial charge in [-0.3, -0.25) is 4.79 Å². The minimum atomic E-state index is -0.305. The molecule has 1 aliphatic carbocycles. The molecule has 0 radical (unpaired) electrons. The molecule has 0 heterocycles. The summed E-state index contributed by atoms with van der Waals surface area (Å²) >= 11 is 2.28. The number of benzene rings is 2. The van der Waals surface area contributed by atoms with E-state index in [2.05, 4.69) is 64.9 Å². The maximum absolute atomic E-state index is 12.8. The lowest BCUT2D eigenvalue weighted by molar-refractivity contribution is -0.117. The summed E-state index contributed by atoms with van der Waals surface area (Å²) in [5.41, 5.74) is 2.95. The smallest absolute Gasteiger partial charge is 0.262 e. The lowest BCUT2D eigenvalue weighted by atomic mass is 9.95. The predicted octanol–water partition coefficient (Wildman–Crippen LogP) is 6.07. The maximum atomic E-state index is 12.8. The van der Waals surface area contributed by atoms with E-state index in [1.54, 1.807) is 6.08 Å². The molecular formula is C27H32IN3O2. The Hall–Kier alpha value is -2.53. The van der Waals surface area contributed by atoms with E-state index in [0.717, 1.165) is 55.6 Å². The van der Waals surface area contributed by atoms with Crippen molar-refractivity contribution in [1.82, 2.24) is 5.32 Å². The topological polar surface area (TPSA) is 65.4 Å². The third-order valence-corrected chi connectivity index (χ3v) is 6.76. The second kappa shape index (κ2) is 12.6. The molecule has 0 spiro atoms. The Morgan fingerprint density at radius 2 is 1.85 bits per heavy atom. The molecule has 5 nitrogen and oxygen atoms in total. The van der Waals surface area contributed by atoms with Crippen LogP contribution in [0.15, 0.2) is 48.0 Å². The first-order valence-electron chi connectivity index (χ1n) is 11.7. The average Bonchev–Trinajstić information content (AvgIpc) is 2.84. The standard InChI is InChI=1S/C27H32IN3O2/c1-3-31(4-2)25-15-12-21(26(17-25)33-19-20-10-13-23(28)14-11-20)16-22(18-29)27(32)30-24-8-6-5-7-9-24/h10-17,24H,3-9,19H2,1-2H3,(H,30,32)/b22-16+. The molecular weight excluding hydrogens is 525 g/mol. The third kappa shape index (κ3) is 7.23. The number of nitrogens with zero attached hydrogens (tertiary/aromatic N) is 2. The summed E-state index contributed by atoms with van der Waals surface area (Å²) in [5.74, 6) is 0.358. The van der Waals surface area contributed by atoms with E-state index >= 15 is 0 Å². The molecule has 1 amide bonds. The van der Waals surface area contributed by atoms with Gasteiger partial charge in [-0.2, -0.15) is 5.26 Å². The number of halogens is 1. The van der Waals surface area contributed by atoms with Crippen LogP contribution in [0, 0.1) is 14.9 Å². The quantitative estimate of drug-likeness (QED) is 0.231. The largest absolute Gasteiger partial charge is 0.488 e. The van der Waals surface area contributed by atoms with Crippen molar-refractivity contribution < 1.29 is 9.53 Å². The fourth-order valence-electron chi connectivity index (χ4n) is 4.11. The SMILES string of the molecule is CCN(CC)c1ccc(/C=C(\C#N)C(=O)NC2CCCCC2)c(OCc2ccc(I)cc2)c1. The van der Waals surface area contributed by atoms with Crippen molar-refractivity contribution in [1.29, 1.82) is 5.26 Å². The Kier molecular flexibility index (Phi) is 9.61. The molecule has 1 fully saturated rings. The zero-order valence-electron chi connectivity index (χ0n) is 19.4. The number of carbonyl (C=O) groups excluding carboxylic acids is 1. The third-order valence-electron chi connectivity index (χ3n) is 6.04. The minimum Gasteiger partial charge on any atom is -0.488 e. The van der Waals surface area contributed by atoms with Gasteiger partial charge in [0.05, 0.1) is 0 Å². The van der Waals surface area contributed by atoms with E-state index < -0.39 is 0 Å². The summed E-state index contributed by atoms with van der Waals surface area (Å²) in [6.45, 7) is 6.42. The summed E-state index contributed by atoms with van der Waals surface area (Å²) in [6.07, 6.45) is 7.07. The van der Waals surface area contributed by atoms with E-state index in [9.17, 15) is 10.1 Å². The summed E-state index contributed by atoms with van der Waals surface area (Å²) < 4.78 is 7.38. The molecule has 0 aromatic heterocycles. The Balaban J connectivity index is 1.86. The van der Waals surface area contributed by atoms with Gasteiger partial charge in [-0.25, -0.2) is 0 Å². The molecule has 1 saturated carbocycles. The molecule has 33 heavy (non-hydrogen) atoms. The van der Waals surface area contributed by atoms with Crippen molar-refractivity contribution in [2.45, 2.75) is 58.6 Å². The highest BCUT2D eigenvalue weighted by Crippen LogP contribution is 2.29. The van der Waals surface area contributed by atoms with E-state index in [1.807, 2.05) is 30.3 Å². The molecule has 1 N–H and O–H groups in total. The lowest BCUT2D eigenvalue weighted by Crippen LogP contribution is -2.36. The zero-order chi connectivity index (χ0) is 23.6. The van der Waals surface area contributed by atoms with Crippen LogP contribution >= 0.6 is 22.6 Å². The molecule has 174 valence electrons. The molecule has 0 unspecified atom stereocenters. The molecule has 0 aliphatic heterocycles. The number of rotatable bonds is 9. The van der Waals surface area contributed by atoms with Crippen molar-refractivity contribution in [2.24, 2.45) is 0 Å². The number of ether oxygens (including phenoxy) is 1. The van der Waals surface area contributed by atoms with E-state index in [1.165, 1.54) is 9.99 Å². The van der Waals surface area contributed by atoms with Gasteiger partial charge in [0.2, 0.25) is 0 Å². The van der Waals surface area contributed by atoms with Crippen LogP contribution in [-0.4, -0.2) is 25.0 Å². The molecule has 0 saturated heterocycles. The number of nitriles is 1. The van der Waals surface area contributed by atoms with Crippen LogP contribution in [0.1, 0.15) is 57.1 Å². The van der Waals surface area contributed by atoms with E-state index in [0.29, 0.717) is 12.4 Å². The minimum absolute atomic E-state index is 0.107. The second-order valence-electron chi connectivity index (χ2n) is 8.29.